The molecule has 0 spiro atoms. The molecule has 1 unspecified atom stereocenters. The number of piperidine rings is 1. The third kappa shape index (κ3) is 7.15. The Morgan fingerprint density at radius 1 is 1.26 bits per heavy atom. The second-order valence-electron chi connectivity index (χ2n) is 7.20. The van der Waals surface area contributed by atoms with Gasteiger partial charge in [0.2, 0.25) is 0 Å². The van der Waals surface area contributed by atoms with Crippen molar-refractivity contribution in [1.29, 1.82) is 0 Å². The summed E-state index contributed by atoms with van der Waals surface area (Å²) in [6.07, 6.45) is 1.31. The number of benzene rings is 1. The number of hydrogen-bond donors (Lipinski definition) is 3. The fraction of sp³-hybridized carbons (Fsp3) is 0.500. The maximum absolute atomic E-state index is 10.7. The van der Waals surface area contributed by atoms with Crippen molar-refractivity contribution in [2.45, 2.75) is 31.9 Å². The first-order chi connectivity index (χ1) is 14.6. The van der Waals surface area contributed by atoms with Crippen LogP contribution in [0.25, 0.3) is 0 Å². The highest BCUT2D eigenvalue weighted by molar-refractivity contribution is 14.0. The van der Waals surface area contributed by atoms with Crippen LogP contribution in [0.4, 0.5) is 5.00 Å². The van der Waals surface area contributed by atoms with Crippen molar-refractivity contribution in [3.8, 4) is 11.5 Å². The Labute approximate surface area is 205 Å². The molecule has 0 aliphatic carbocycles. The summed E-state index contributed by atoms with van der Waals surface area (Å²) in [5.74, 6) is 2.03. The number of aliphatic hydroxyl groups is 1. The van der Waals surface area contributed by atoms with Crippen LogP contribution in [-0.2, 0) is 0 Å². The lowest BCUT2D eigenvalue weighted by Crippen LogP contribution is -2.48. The van der Waals surface area contributed by atoms with Gasteiger partial charge in [0.25, 0.3) is 0 Å². The Bertz CT molecular complexity index is 811. The lowest BCUT2D eigenvalue weighted by molar-refractivity contribution is 0.182. The Kier molecular flexibility index (Phi) is 10.7. The molecule has 1 aliphatic heterocycles. The molecule has 31 heavy (non-hydrogen) atoms. The molecule has 0 saturated carbocycles. The van der Waals surface area contributed by atoms with E-state index >= 15 is 0 Å². The number of rotatable bonds is 8. The summed E-state index contributed by atoms with van der Waals surface area (Å²) in [6, 6.07) is 10.0. The molecule has 0 amide bonds. The monoisotopic (exact) mass is 560 g/mol. The number of aliphatic imine (C=N–C) groups is 1. The van der Waals surface area contributed by atoms with Gasteiger partial charge in [0.1, 0.15) is 17.6 Å². The van der Waals surface area contributed by atoms with Crippen molar-refractivity contribution in [3.63, 3.8) is 0 Å². The molecule has 3 N–H and O–H groups in total. The highest BCUT2D eigenvalue weighted by Crippen LogP contribution is 2.29. The number of halogens is 1. The minimum Gasteiger partial charge on any atom is -0.497 e. The van der Waals surface area contributed by atoms with E-state index < -0.39 is 6.10 Å². The number of anilines is 1. The van der Waals surface area contributed by atoms with Crippen molar-refractivity contribution < 1.29 is 14.6 Å². The maximum atomic E-state index is 10.7. The lowest BCUT2D eigenvalue weighted by Gasteiger charge is -2.33. The molecular formula is C22H33IN4O3S. The molecule has 2 aromatic rings. The molecule has 2 heterocycles. The second kappa shape index (κ2) is 13.0. The third-order valence-electron chi connectivity index (χ3n) is 5.22. The molecule has 7 nitrogen and oxygen atoms in total. The van der Waals surface area contributed by atoms with E-state index in [0.29, 0.717) is 23.1 Å². The molecule has 1 aliphatic rings. The fourth-order valence-electron chi connectivity index (χ4n) is 3.58. The van der Waals surface area contributed by atoms with Gasteiger partial charge in [0.05, 0.1) is 25.8 Å². The number of methoxy groups -OCH3 is 2. The number of nitrogens with one attached hydrogen (secondary N) is 2. The molecule has 1 aromatic heterocycles. The van der Waals surface area contributed by atoms with Crippen LogP contribution in [-0.4, -0.2) is 57.5 Å². The SMILES string of the molecule is CCNC(=NCC(O)c1cc(OC)ccc1OC)NC1CCN(c2cccs2)CC1.I. The maximum Gasteiger partial charge on any atom is 0.191 e. The van der Waals surface area contributed by atoms with Crippen LogP contribution in [0.3, 0.4) is 0 Å². The molecule has 1 saturated heterocycles. The minimum absolute atomic E-state index is 0. The average Bonchev–Trinajstić information content (AvgIpc) is 3.32. The summed E-state index contributed by atoms with van der Waals surface area (Å²) < 4.78 is 10.7. The van der Waals surface area contributed by atoms with E-state index in [0.717, 1.165) is 38.4 Å². The molecule has 3 rings (SSSR count). The van der Waals surface area contributed by atoms with Gasteiger partial charge in [0, 0.05) is 31.2 Å². The highest BCUT2D eigenvalue weighted by Gasteiger charge is 2.21. The third-order valence-corrected chi connectivity index (χ3v) is 6.15. The van der Waals surface area contributed by atoms with E-state index in [1.54, 1.807) is 37.7 Å². The topological polar surface area (TPSA) is 78.4 Å². The van der Waals surface area contributed by atoms with Gasteiger partial charge in [-0.05, 0) is 55.5 Å². The van der Waals surface area contributed by atoms with E-state index in [4.69, 9.17) is 9.47 Å². The highest BCUT2D eigenvalue weighted by atomic mass is 127. The number of guanidine groups is 1. The summed E-state index contributed by atoms with van der Waals surface area (Å²) in [6.45, 7) is 5.09. The Morgan fingerprint density at radius 2 is 2.03 bits per heavy atom. The van der Waals surface area contributed by atoms with E-state index in [9.17, 15) is 5.11 Å². The summed E-state index contributed by atoms with van der Waals surface area (Å²) in [7, 11) is 3.20. The van der Waals surface area contributed by atoms with Gasteiger partial charge in [-0.15, -0.1) is 35.3 Å². The zero-order chi connectivity index (χ0) is 21.3. The van der Waals surface area contributed by atoms with Crippen molar-refractivity contribution in [2.75, 3.05) is 45.3 Å². The molecule has 1 atom stereocenters. The predicted octanol–water partition coefficient (Wildman–Crippen LogP) is 3.64. The summed E-state index contributed by atoms with van der Waals surface area (Å²) in [5.41, 5.74) is 0.667. The number of hydrogen-bond acceptors (Lipinski definition) is 6. The standard InChI is InChI=1S/C22H32N4O3S.HI/c1-4-23-22(25-16-9-11-26(12-10-16)21-6-5-13-30-21)24-15-19(27)18-14-17(28-2)7-8-20(18)29-3;/h5-8,13-14,16,19,27H,4,9-12,15H2,1-3H3,(H2,23,24,25);1H. The molecule has 1 aromatic carbocycles. The Hall–Kier alpha value is -1.72. The van der Waals surface area contributed by atoms with Gasteiger partial charge >= 0.3 is 0 Å². The normalized spacial score (nSPS) is 15.7. The molecule has 0 radical (unpaired) electrons. The van der Waals surface area contributed by atoms with Gasteiger partial charge in [0.15, 0.2) is 5.96 Å². The number of aliphatic hydroxyl groups excluding tert-OH is 1. The van der Waals surface area contributed by atoms with E-state index in [1.165, 1.54) is 5.00 Å². The largest absolute Gasteiger partial charge is 0.497 e. The minimum atomic E-state index is -0.786. The zero-order valence-corrected chi connectivity index (χ0v) is 21.5. The van der Waals surface area contributed by atoms with Crippen LogP contribution in [0, 0.1) is 0 Å². The fourth-order valence-corrected chi connectivity index (χ4v) is 4.37. The number of nitrogens with zero attached hydrogens (tertiary/aromatic N) is 2. The number of thiophene rings is 1. The van der Waals surface area contributed by atoms with Crippen LogP contribution in [0.15, 0.2) is 40.7 Å². The van der Waals surface area contributed by atoms with Crippen molar-refractivity contribution in [1.82, 2.24) is 10.6 Å². The first kappa shape index (κ1) is 25.5. The van der Waals surface area contributed by atoms with Gasteiger partial charge in [-0.3, -0.25) is 4.99 Å². The molecule has 172 valence electrons. The second-order valence-corrected chi connectivity index (χ2v) is 8.13. The first-order valence-corrected chi connectivity index (χ1v) is 11.3. The molecule has 9 heteroatoms. The van der Waals surface area contributed by atoms with Crippen LogP contribution < -0.4 is 25.0 Å². The van der Waals surface area contributed by atoms with Crippen LogP contribution in [0.1, 0.15) is 31.4 Å². The molecule has 0 bridgehead atoms. The van der Waals surface area contributed by atoms with Gasteiger partial charge in [-0.1, -0.05) is 0 Å². The van der Waals surface area contributed by atoms with Crippen molar-refractivity contribution >= 4 is 46.3 Å². The van der Waals surface area contributed by atoms with Gasteiger partial charge < -0.3 is 30.1 Å². The lowest BCUT2D eigenvalue weighted by atomic mass is 10.1. The van der Waals surface area contributed by atoms with E-state index in [-0.39, 0.29) is 30.5 Å². The van der Waals surface area contributed by atoms with E-state index in [1.807, 2.05) is 13.0 Å². The van der Waals surface area contributed by atoms with Crippen LogP contribution in [0.5, 0.6) is 11.5 Å². The quantitative estimate of drug-likeness (QED) is 0.260. The summed E-state index contributed by atoms with van der Waals surface area (Å²) in [4.78, 5) is 7.06. The Balaban J connectivity index is 0.00000341. The summed E-state index contributed by atoms with van der Waals surface area (Å²) in [5, 5.41) is 21.0. The van der Waals surface area contributed by atoms with Crippen LogP contribution in [0.2, 0.25) is 0 Å². The smallest absolute Gasteiger partial charge is 0.191 e. The summed E-state index contributed by atoms with van der Waals surface area (Å²) >= 11 is 1.79. The predicted molar refractivity (Wildman–Crippen MR) is 139 cm³/mol. The average molecular weight is 561 g/mol. The molecular weight excluding hydrogens is 527 g/mol. The Morgan fingerprint density at radius 3 is 2.65 bits per heavy atom. The number of ether oxygens (including phenoxy) is 2. The zero-order valence-electron chi connectivity index (χ0n) is 18.3. The first-order valence-electron chi connectivity index (χ1n) is 10.4. The van der Waals surface area contributed by atoms with Crippen molar-refractivity contribution in [3.05, 3.63) is 41.3 Å². The van der Waals surface area contributed by atoms with Gasteiger partial charge in [-0.2, -0.15) is 0 Å². The van der Waals surface area contributed by atoms with Gasteiger partial charge in [-0.25, -0.2) is 0 Å². The van der Waals surface area contributed by atoms with E-state index in [2.05, 4.69) is 38.0 Å². The van der Waals surface area contributed by atoms with Crippen LogP contribution >= 0.6 is 35.3 Å². The molecule has 1 fully saturated rings. The van der Waals surface area contributed by atoms with Crippen molar-refractivity contribution in [2.24, 2.45) is 4.99 Å².